The van der Waals surface area contributed by atoms with E-state index < -0.39 is 68.8 Å². The Labute approximate surface area is 201 Å². The van der Waals surface area contributed by atoms with Crippen LogP contribution in [0.4, 0.5) is 8.78 Å². The molecule has 186 valence electrons. The number of ketones is 2. The second kappa shape index (κ2) is 8.08. The van der Waals surface area contributed by atoms with Crippen molar-refractivity contribution < 1.29 is 37.8 Å². The molecule has 9 heteroatoms. The van der Waals surface area contributed by atoms with Gasteiger partial charge in [-0.3, -0.25) is 19.2 Å². The number of fused-ring (bicyclic) bond motifs is 5. The van der Waals surface area contributed by atoms with Gasteiger partial charge in [0.15, 0.2) is 22.8 Å². The van der Waals surface area contributed by atoms with Gasteiger partial charge in [0.05, 0.1) is 11.5 Å². The quantitative estimate of drug-likeness (QED) is 0.593. The number of hydrogen-bond acceptors (Lipinski definition) is 7. The third-order valence-electron chi connectivity index (χ3n) is 9.08. The predicted octanol–water partition coefficient (Wildman–Crippen LogP) is 3.66. The molecule has 0 aliphatic heterocycles. The lowest BCUT2D eigenvalue weighted by atomic mass is 9.44. The summed E-state index contributed by atoms with van der Waals surface area (Å²) in [6.07, 6.45) is 1.90. The molecule has 0 amide bonds. The summed E-state index contributed by atoms with van der Waals surface area (Å²) in [5, 5.41) is 10.7. The number of ether oxygens (including phenoxy) is 1. The van der Waals surface area contributed by atoms with Gasteiger partial charge in [-0.05, 0) is 49.6 Å². The van der Waals surface area contributed by atoms with Gasteiger partial charge in [0, 0.05) is 35.7 Å². The Morgan fingerprint density at radius 3 is 2.56 bits per heavy atom. The zero-order chi connectivity index (χ0) is 25.3. The molecule has 0 unspecified atom stereocenters. The van der Waals surface area contributed by atoms with E-state index >= 15 is 4.39 Å². The number of hydrogen-bond donors (Lipinski definition) is 1. The van der Waals surface area contributed by atoms with Crippen LogP contribution in [0.5, 0.6) is 0 Å². The van der Waals surface area contributed by atoms with Crippen LogP contribution in [-0.2, 0) is 23.9 Å². The summed E-state index contributed by atoms with van der Waals surface area (Å²) >= 11 is 0.403. The van der Waals surface area contributed by atoms with Crippen molar-refractivity contribution in [1.82, 2.24) is 0 Å². The van der Waals surface area contributed by atoms with E-state index in [0.29, 0.717) is 11.8 Å². The van der Waals surface area contributed by atoms with Gasteiger partial charge in [-0.2, -0.15) is 0 Å². The van der Waals surface area contributed by atoms with Crippen LogP contribution in [-0.4, -0.2) is 51.1 Å². The predicted molar refractivity (Wildman–Crippen MR) is 121 cm³/mol. The van der Waals surface area contributed by atoms with Gasteiger partial charge in [0.25, 0.3) is 0 Å². The number of thioether (sulfide) groups is 1. The van der Waals surface area contributed by atoms with Gasteiger partial charge in [-0.25, -0.2) is 8.78 Å². The molecule has 0 aromatic rings. The van der Waals surface area contributed by atoms with Crippen molar-refractivity contribution >= 4 is 34.4 Å². The van der Waals surface area contributed by atoms with E-state index in [9.17, 15) is 28.7 Å². The molecular formula is C25H30F2O6S. The molecule has 4 aliphatic rings. The minimum absolute atomic E-state index is 0.00858. The number of alkyl halides is 2. The highest BCUT2D eigenvalue weighted by atomic mass is 32.2. The Bertz CT molecular complexity index is 1020. The van der Waals surface area contributed by atoms with Gasteiger partial charge in [0.2, 0.25) is 5.12 Å². The number of aliphatic hydroxyl groups excluding tert-OH is 1. The van der Waals surface area contributed by atoms with Crippen LogP contribution >= 0.6 is 11.8 Å². The minimum atomic E-state index is -2.28. The molecule has 4 rings (SSSR count). The molecule has 34 heavy (non-hydrogen) atoms. The first kappa shape index (κ1) is 25.2. The molecule has 0 heterocycles. The third-order valence-corrected chi connectivity index (χ3v) is 9.75. The summed E-state index contributed by atoms with van der Waals surface area (Å²) in [7, 11) is 0. The lowest BCUT2D eigenvalue weighted by molar-refractivity contribution is -0.223. The Morgan fingerprint density at radius 2 is 1.94 bits per heavy atom. The van der Waals surface area contributed by atoms with Crippen LogP contribution < -0.4 is 0 Å². The standard InChI is InChI=1S/C25H30F2O6S/c1-5-20(31)33-25(21(32)34-12-26)13(2)8-15-16-10-18(29)17-9-14(28)6-7-22(17,3)24(16,27)19(30)11-23(15,25)4/h6-7,9,13,15-16,19,30H,5,8,10-12H2,1-4H3/t13-,15+,16+,19+,22+,23+,24+,25+/m1/s1. The monoisotopic (exact) mass is 496 g/mol. The molecule has 6 nitrogen and oxygen atoms in total. The fourth-order valence-corrected chi connectivity index (χ4v) is 8.25. The summed E-state index contributed by atoms with van der Waals surface area (Å²) < 4.78 is 36.3. The lowest BCUT2D eigenvalue weighted by Crippen LogP contribution is -2.70. The molecular weight excluding hydrogens is 466 g/mol. The zero-order valence-corrected chi connectivity index (χ0v) is 20.5. The fourth-order valence-electron chi connectivity index (χ4n) is 7.46. The summed E-state index contributed by atoms with van der Waals surface area (Å²) in [6.45, 7) is 6.49. The molecule has 0 saturated heterocycles. The number of carbonyl (C=O) groups is 4. The Balaban J connectivity index is 1.88. The van der Waals surface area contributed by atoms with Gasteiger partial charge in [-0.15, -0.1) is 0 Å². The molecule has 4 aliphatic carbocycles. The molecule has 1 N–H and O–H groups in total. The average Bonchev–Trinajstić information content (AvgIpc) is 2.99. The Kier molecular flexibility index (Phi) is 6.00. The van der Waals surface area contributed by atoms with E-state index in [1.165, 1.54) is 19.1 Å². The van der Waals surface area contributed by atoms with Crippen molar-refractivity contribution in [1.29, 1.82) is 0 Å². The number of halogens is 2. The number of aliphatic hydroxyl groups is 1. The summed E-state index contributed by atoms with van der Waals surface area (Å²) in [5.41, 5.74) is -6.74. The van der Waals surface area contributed by atoms with E-state index in [1.807, 2.05) is 0 Å². The molecule has 0 aromatic heterocycles. The highest BCUT2D eigenvalue weighted by molar-refractivity contribution is 8.13. The average molecular weight is 497 g/mol. The fraction of sp³-hybridized carbons (Fsp3) is 0.680. The number of esters is 1. The first-order chi connectivity index (χ1) is 15.8. The number of carbonyl (C=O) groups excluding carboxylic acids is 4. The largest absolute Gasteiger partial charge is 0.449 e. The van der Waals surface area contributed by atoms with Crippen LogP contribution in [0.2, 0.25) is 0 Å². The van der Waals surface area contributed by atoms with E-state index in [1.54, 1.807) is 20.8 Å². The Hall–Kier alpha value is -1.87. The van der Waals surface area contributed by atoms with E-state index in [2.05, 4.69) is 0 Å². The molecule has 0 aromatic carbocycles. The van der Waals surface area contributed by atoms with Gasteiger partial charge in [0.1, 0.15) is 6.01 Å². The normalized spacial score (nSPS) is 45.2. The molecule has 0 radical (unpaired) electrons. The van der Waals surface area contributed by atoms with Crippen molar-refractivity contribution in [3.63, 3.8) is 0 Å². The second-order valence-electron chi connectivity index (χ2n) is 10.5. The van der Waals surface area contributed by atoms with Crippen molar-refractivity contribution in [2.75, 3.05) is 6.01 Å². The topological polar surface area (TPSA) is 97.7 Å². The van der Waals surface area contributed by atoms with Crippen molar-refractivity contribution in [2.24, 2.45) is 28.6 Å². The number of rotatable bonds is 4. The zero-order valence-electron chi connectivity index (χ0n) is 19.7. The molecule has 0 bridgehead atoms. The highest BCUT2D eigenvalue weighted by Crippen LogP contribution is 2.71. The summed E-state index contributed by atoms with van der Waals surface area (Å²) in [6, 6.07) is -1.01. The highest BCUT2D eigenvalue weighted by Gasteiger charge is 2.78. The van der Waals surface area contributed by atoms with Gasteiger partial charge in [-0.1, -0.05) is 26.8 Å². The maximum Gasteiger partial charge on any atom is 0.306 e. The number of allylic oxidation sites excluding steroid dienone is 4. The van der Waals surface area contributed by atoms with Crippen LogP contribution in [0, 0.1) is 28.6 Å². The molecule has 0 spiro atoms. The lowest BCUT2D eigenvalue weighted by Gasteiger charge is -2.62. The van der Waals surface area contributed by atoms with Crippen LogP contribution in [0.1, 0.15) is 53.4 Å². The first-order valence-electron chi connectivity index (χ1n) is 11.6. The van der Waals surface area contributed by atoms with Gasteiger partial charge < -0.3 is 9.84 Å². The van der Waals surface area contributed by atoms with E-state index in [0.717, 1.165) is 6.08 Å². The van der Waals surface area contributed by atoms with Crippen LogP contribution in [0.25, 0.3) is 0 Å². The molecule has 3 fully saturated rings. The number of Topliss-reactive ketones (excluding diaryl/α,β-unsaturated/α-hetero) is 1. The maximum absolute atomic E-state index is 17.2. The van der Waals surface area contributed by atoms with Crippen LogP contribution in [0.15, 0.2) is 23.8 Å². The van der Waals surface area contributed by atoms with Crippen molar-refractivity contribution in [3.05, 3.63) is 23.8 Å². The molecule has 3 saturated carbocycles. The maximum atomic E-state index is 17.2. The van der Waals surface area contributed by atoms with Crippen molar-refractivity contribution in [3.8, 4) is 0 Å². The third kappa shape index (κ3) is 2.95. The van der Waals surface area contributed by atoms with Gasteiger partial charge >= 0.3 is 5.97 Å². The Morgan fingerprint density at radius 1 is 1.26 bits per heavy atom. The smallest absolute Gasteiger partial charge is 0.306 e. The summed E-state index contributed by atoms with van der Waals surface area (Å²) in [5.74, 6) is -3.59. The minimum Gasteiger partial charge on any atom is -0.449 e. The van der Waals surface area contributed by atoms with E-state index in [4.69, 9.17) is 4.74 Å². The van der Waals surface area contributed by atoms with Crippen molar-refractivity contribution in [2.45, 2.75) is 70.8 Å². The second-order valence-corrected chi connectivity index (χ2v) is 11.4. The SMILES string of the molecule is CCC(=O)O[C@]1(C(=O)SCF)[C@H](C)C[C@H]2[C@@H]3CC(=O)C4=CC(=O)C=C[C@]4(C)[C@@]3(F)[C@@H](O)C[C@@]21C. The molecule has 8 atom stereocenters. The van der Waals surface area contributed by atoms with Crippen LogP contribution in [0.3, 0.4) is 0 Å². The first-order valence-corrected chi connectivity index (χ1v) is 12.6. The summed E-state index contributed by atoms with van der Waals surface area (Å²) in [4.78, 5) is 51.0. The van der Waals surface area contributed by atoms with E-state index in [-0.39, 0.29) is 37.0 Å².